The Kier molecular flexibility index (Phi) is 4.33. The van der Waals surface area contributed by atoms with Crippen LogP contribution in [0.3, 0.4) is 0 Å². The molecule has 2 amide bonds. The maximum absolute atomic E-state index is 12.3. The molecule has 7 heteroatoms. The molecule has 0 radical (unpaired) electrons. The van der Waals surface area contributed by atoms with Gasteiger partial charge in [0, 0.05) is 12.3 Å². The molecule has 3 aromatic rings. The summed E-state index contributed by atoms with van der Waals surface area (Å²) in [5.41, 5.74) is 1.59. The second-order valence-corrected chi connectivity index (χ2v) is 6.13. The standard InChI is InChI=1S/C21H14N2O5/c1-13-6-11-18(22-12-13)27-15-9-7-14(8-10-15)21(26)28-23-19(24)16-4-2-3-5-17(16)20(23)25/h2-12H,1H3. The van der Waals surface area contributed by atoms with Crippen molar-refractivity contribution in [3.05, 3.63) is 89.1 Å². The van der Waals surface area contributed by atoms with Gasteiger partial charge in [-0.3, -0.25) is 9.59 Å². The predicted molar refractivity (Wildman–Crippen MR) is 97.8 cm³/mol. The van der Waals surface area contributed by atoms with E-state index < -0.39 is 17.8 Å². The number of pyridine rings is 1. The van der Waals surface area contributed by atoms with E-state index in [9.17, 15) is 14.4 Å². The van der Waals surface area contributed by atoms with Crippen LogP contribution in [0.5, 0.6) is 11.6 Å². The Morgan fingerprint density at radius 3 is 2.11 bits per heavy atom. The fourth-order valence-corrected chi connectivity index (χ4v) is 2.68. The van der Waals surface area contributed by atoms with Gasteiger partial charge in [-0.15, -0.1) is 0 Å². The van der Waals surface area contributed by atoms with Crippen LogP contribution in [0.4, 0.5) is 0 Å². The lowest BCUT2D eigenvalue weighted by Gasteiger charge is -2.12. The Balaban J connectivity index is 1.45. The maximum atomic E-state index is 12.3. The number of imide groups is 1. The summed E-state index contributed by atoms with van der Waals surface area (Å²) in [6.07, 6.45) is 1.68. The number of hydrogen-bond acceptors (Lipinski definition) is 6. The Hall–Kier alpha value is -4.00. The van der Waals surface area contributed by atoms with Crippen LogP contribution in [-0.4, -0.2) is 27.8 Å². The molecule has 0 bridgehead atoms. The molecule has 0 N–H and O–H groups in total. The van der Waals surface area contributed by atoms with E-state index in [-0.39, 0.29) is 16.7 Å². The highest BCUT2D eigenvalue weighted by Gasteiger charge is 2.38. The summed E-state index contributed by atoms with van der Waals surface area (Å²) < 4.78 is 5.60. The number of carbonyl (C=O) groups excluding carboxylic acids is 3. The highest BCUT2D eigenvalue weighted by molar-refractivity contribution is 6.21. The van der Waals surface area contributed by atoms with Gasteiger partial charge in [-0.05, 0) is 48.9 Å². The highest BCUT2D eigenvalue weighted by atomic mass is 16.7. The first-order chi connectivity index (χ1) is 13.5. The van der Waals surface area contributed by atoms with Crippen molar-refractivity contribution in [3.8, 4) is 11.6 Å². The van der Waals surface area contributed by atoms with Crippen molar-refractivity contribution in [1.82, 2.24) is 10.0 Å². The number of benzene rings is 2. The van der Waals surface area contributed by atoms with Crippen molar-refractivity contribution in [1.29, 1.82) is 0 Å². The summed E-state index contributed by atoms with van der Waals surface area (Å²) >= 11 is 0. The molecule has 1 aromatic heterocycles. The van der Waals surface area contributed by atoms with Gasteiger partial charge in [0.25, 0.3) is 11.8 Å². The number of carbonyl (C=O) groups is 3. The molecule has 2 heterocycles. The van der Waals surface area contributed by atoms with Gasteiger partial charge in [0.2, 0.25) is 5.88 Å². The third-order valence-corrected chi connectivity index (χ3v) is 4.13. The maximum Gasteiger partial charge on any atom is 0.363 e. The lowest BCUT2D eigenvalue weighted by molar-refractivity contribution is -0.0584. The summed E-state index contributed by atoms with van der Waals surface area (Å²) in [5.74, 6) is -1.26. The van der Waals surface area contributed by atoms with Crippen LogP contribution in [0.2, 0.25) is 0 Å². The fraction of sp³-hybridized carbons (Fsp3) is 0.0476. The van der Waals surface area contributed by atoms with E-state index in [4.69, 9.17) is 9.57 Å². The van der Waals surface area contributed by atoms with Crippen LogP contribution in [0.1, 0.15) is 36.6 Å². The molecular weight excluding hydrogens is 360 g/mol. The zero-order chi connectivity index (χ0) is 19.7. The Morgan fingerprint density at radius 2 is 1.54 bits per heavy atom. The minimum Gasteiger partial charge on any atom is -0.439 e. The van der Waals surface area contributed by atoms with Gasteiger partial charge < -0.3 is 9.57 Å². The van der Waals surface area contributed by atoms with E-state index in [2.05, 4.69) is 4.98 Å². The van der Waals surface area contributed by atoms with E-state index in [1.165, 1.54) is 24.3 Å². The third-order valence-electron chi connectivity index (χ3n) is 4.13. The molecule has 28 heavy (non-hydrogen) atoms. The van der Waals surface area contributed by atoms with Gasteiger partial charge in [-0.2, -0.15) is 0 Å². The molecular formula is C21H14N2O5. The van der Waals surface area contributed by atoms with Gasteiger partial charge in [-0.25, -0.2) is 9.78 Å². The van der Waals surface area contributed by atoms with Gasteiger partial charge in [0.05, 0.1) is 16.7 Å². The summed E-state index contributed by atoms with van der Waals surface area (Å²) in [5, 5.41) is 0.480. The number of ether oxygens (including phenoxy) is 1. The summed E-state index contributed by atoms with van der Waals surface area (Å²) in [7, 11) is 0. The number of fused-ring (bicyclic) bond motifs is 1. The van der Waals surface area contributed by atoms with Crippen molar-refractivity contribution in [3.63, 3.8) is 0 Å². The van der Waals surface area contributed by atoms with Crippen molar-refractivity contribution >= 4 is 17.8 Å². The molecule has 1 aliphatic heterocycles. The second-order valence-electron chi connectivity index (χ2n) is 6.13. The average Bonchev–Trinajstić information content (AvgIpc) is 2.95. The molecule has 0 aliphatic carbocycles. The van der Waals surface area contributed by atoms with Crippen molar-refractivity contribution < 1.29 is 24.0 Å². The number of amides is 2. The van der Waals surface area contributed by atoms with Crippen LogP contribution >= 0.6 is 0 Å². The van der Waals surface area contributed by atoms with E-state index in [1.807, 2.05) is 13.0 Å². The SMILES string of the molecule is Cc1ccc(Oc2ccc(C(=O)ON3C(=O)c4ccccc4C3=O)cc2)nc1. The van der Waals surface area contributed by atoms with Crippen LogP contribution < -0.4 is 4.74 Å². The van der Waals surface area contributed by atoms with Crippen molar-refractivity contribution in [2.24, 2.45) is 0 Å². The van der Waals surface area contributed by atoms with Gasteiger partial charge >= 0.3 is 5.97 Å². The molecule has 0 atom stereocenters. The highest BCUT2D eigenvalue weighted by Crippen LogP contribution is 2.24. The number of rotatable bonds is 4. The molecule has 138 valence electrons. The first-order valence-corrected chi connectivity index (χ1v) is 8.43. The summed E-state index contributed by atoms with van der Waals surface area (Å²) in [6, 6.07) is 16.0. The zero-order valence-electron chi connectivity index (χ0n) is 14.8. The third kappa shape index (κ3) is 3.21. The first-order valence-electron chi connectivity index (χ1n) is 8.43. The molecule has 0 spiro atoms. The minimum absolute atomic E-state index is 0.167. The molecule has 0 saturated carbocycles. The first kappa shape index (κ1) is 17.4. The number of nitrogens with zero attached hydrogens (tertiary/aromatic N) is 2. The monoisotopic (exact) mass is 374 g/mol. The van der Waals surface area contributed by atoms with Crippen molar-refractivity contribution in [2.45, 2.75) is 6.92 Å². The van der Waals surface area contributed by atoms with Crippen LogP contribution in [0, 0.1) is 6.92 Å². The lowest BCUT2D eigenvalue weighted by Crippen LogP contribution is -2.32. The second kappa shape index (κ2) is 6.96. The number of aromatic nitrogens is 1. The predicted octanol–water partition coefficient (Wildman–Crippen LogP) is 3.55. The quantitative estimate of drug-likeness (QED) is 0.649. The molecule has 0 saturated heterocycles. The van der Waals surface area contributed by atoms with E-state index in [1.54, 1.807) is 36.5 Å². The Labute approximate surface area is 160 Å². The topological polar surface area (TPSA) is 85.8 Å². The van der Waals surface area contributed by atoms with Crippen LogP contribution in [-0.2, 0) is 4.84 Å². The van der Waals surface area contributed by atoms with Gasteiger partial charge in [-0.1, -0.05) is 23.3 Å². The zero-order valence-corrected chi connectivity index (χ0v) is 14.8. The number of aryl methyl sites for hydroxylation is 1. The molecule has 0 fully saturated rings. The van der Waals surface area contributed by atoms with E-state index in [0.29, 0.717) is 16.7 Å². The summed E-state index contributed by atoms with van der Waals surface area (Å²) in [6.45, 7) is 1.92. The van der Waals surface area contributed by atoms with Crippen LogP contribution in [0.15, 0.2) is 66.9 Å². The fourth-order valence-electron chi connectivity index (χ4n) is 2.68. The lowest BCUT2D eigenvalue weighted by atomic mass is 10.1. The number of hydrogen-bond donors (Lipinski definition) is 0. The van der Waals surface area contributed by atoms with Crippen molar-refractivity contribution in [2.75, 3.05) is 0 Å². The van der Waals surface area contributed by atoms with Gasteiger partial charge in [0.15, 0.2) is 0 Å². The molecule has 0 unspecified atom stereocenters. The summed E-state index contributed by atoms with van der Waals surface area (Å²) in [4.78, 5) is 46.0. The molecule has 1 aliphatic rings. The molecule has 4 rings (SSSR count). The smallest absolute Gasteiger partial charge is 0.363 e. The Bertz CT molecular complexity index is 1040. The normalized spacial score (nSPS) is 12.7. The van der Waals surface area contributed by atoms with Crippen LogP contribution in [0.25, 0.3) is 0 Å². The largest absolute Gasteiger partial charge is 0.439 e. The van der Waals surface area contributed by atoms with Gasteiger partial charge in [0.1, 0.15) is 5.75 Å². The van der Waals surface area contributed by atoms with E-state index >= 15 is 0 Å². The molecule has 7 nitrogen and oxygen atoms in total. The Morgan fingerprint density at radius 1 is 0.893 bits per heavy atom. The minimum atomic E-state index is -0.825. The number of hydroxylamine groups is 2. The average molecular weight is 374 g/mol. The molecule has 2 aromatic carbocycles. The van der Waals surface area contributed by atoms with E-state index in [0.717, 1.165) is 5.56 Å².